The van der Waals surface area contributed by atoms with Crippen LogP contribution in [0.25, 0.3) is 11.6 Å². The van der Waals surface area contributed by atoms with Gasteiger partial charge in [0.2, 0.25) is 5.82 Å². The Hall–Kier alpha value is -2.04. The van der Waals surface area contributed by atoms with Gasteiger partial charge in [0, 0.05) is 31.3 Å². The molecule has 3 heterocycles. The number of fused-ring (bicyclic) bond motifs is 1. The highest BCUT2D eigenvalue weighted by molar-refractivity contribution is 7.99. The number of nitrogens with zero attached hydrogens (tertiary/aromatic N) is 5. The molecule has 1 aliphatic heterocycles. The third kappa shape index (κ3) is 4.47. The number of hydrogen-bond acceptors (Lipinski definition) is 6. The lowest BCUT2D eigenvalue weighted by Crippen LogP contribution is -2.28. The summed E-state index contributed by atoms with van der Waals surface area (Å²) in [5, 5.41) is 9.36. The molecule has 5 rings (SSSR count). The van der Waals surface area contributed by atoms with Crippen LogP contribution in [0, 0.1) is 19.8 Å². The van der Waals surface area contributed by atoms with Crippen molar-refractivity contribution in [2.75, 3.05) is 25.4 Å². The molecule has 0 unspecified atom stereocenters. The fraction of sp³-hybridized carbons (Fsp3) is 0.522. The molecular formula is C23H27ClF3N5OS. The first-order valence-corrected chi connectivity index (χ1v) is 12.0. The summed E-state index contributed by atoms with van der Waals surface area (Å²) in [5.41, 5.74) is 2.10. The SMILES string of the molecule is Cc1cc(C(F)(F)F)ccc1[C@@]12C[C@@H]1CN(CCCSc1nnc(-c3ocnc3C)n1C)C2.Cl. The van der Waals surface area contributed by atoms with Crippen LogP contribution in [0.5, 0.6) is 0 Å². The van der Waals surface area contributed by atoms with E-state index >= 15 is 0 Å². The number of piperidine rings is 1. The molecule has 0 N–H and O–H groups in total. The van der Waals surface area contributed by atoms with E-state index in [9.17, 15) is 13.2 Å². The van der Waals surface area contributed by atoms with E-state index in [1.165, 1.54) is 18.5 Å². The third-order valence-corrected chi connectivity index (χ3v) is 8.05. The van der Waals surface area contributed by atoms with Gasteiger partial charge in [-0.2, -0.15) is 13.2 Å². The third-order valence-electron chi connectivity index (χ3n) is 6.94. The normalized spacial score (nSPS) is 22.0. The van der Waals surface area contributed by atoms with E-state index in [0.29, 0.717) is 17.5 Å². The van der Waals surface area contributed by atoms with Crippen LogP contribution in [0.1, 0.15) is 35.2 Å². The predicted octanol–water partition coefficient (Wildman–Crippen LogP) is 5.28. The molecule has 1 saturated carbocycles. The van der Waals surface area contributed by atoms with Gasteiger partial charge in [0.25, 0.3) is 0 Å². The van der Waals surface area contributed by atoms with Crippen molar-refractivity contribution in [1.29, 1.82) is 0 Å². The van der Waals surface area contributed by atoms with Gasteiger partial charge in [0.05, 0.1) is 11.3 Å². The molecule has 1 saturated heterocycles. The topological polar surface area (TPSA) is 60.0 Å². The molecule has 2 aliphatic rings. The zero-order valence-electron chi connectivity index (χ0n) is 19.2. The zero-order chi connectivity index (χ0) is 23.4. The van der Waals surface area contributed by atoms with Crippen molar-refractivity contribution in [1.82, 2.24) is 24.6 Å². The predicted molar refractivity (Wildman–Crippen MR) is 126 cm³/mol. The maximum absolute atomic E-state index is 13.0. The Labute approximate surface area is 206 Å². The Bertz CT molecular complexity index is 1180. The minimum absolute atomic E-state index is 0. The lowest BCUT2D eigenvalue weighted by Gasteiger charge is -2.22. The summed E-state index contributed by atoms with van der Waals surface area (Å²) in [6.07, 6.45) is -0.803. The number of benzene rings is 1. The fourth-order valence-electron chi connectivity index (χ4n) is 5.18. The van der Waals surface area contributed by atoms with Crippen LogP contribution in [0.15, 0.2) is 34.2 Å². The van der Waals surface area contributed by atoms with Crippen molar-refractivity contribution >= 4 is 24.2 Å². The molecule has 11 heteroatoms. The molecule has 1 aromatic carbocycles. The van der Waals surface area contributed by atoms with Crippen LogP contribution in [-0.4, -0.2) is 50.0 Å². The van der Waals surface area contributed by atoms with Gasteiger partial charge in [0.1, 0.15) is 0 Å². The minimum atomic E-state index is -4.29. The van der Waals surface area contributed by atoms with Gasteiger partial charge in [-0.25, -0.2) is 4.98 Å². The minimum Gasteiger partial charge on any atom is -0.440 e. The quantitative estimate of drug-likeness (QED) is 0.316. The molecule has 0 radical (unpaired) electrons. The lowest BCUT2D eigenvalue weighted by atomic mass is 9.90. The summed E-state index contributed by atoms with van der Waals surface area (Å²) < 4.78 is 46.4. The average Bonchev–Trinajstić information content (AvgIpc) is 3.06. The van der Waals surface area contributed by atoms with Crippen molar-refractivity contribution in [3.63, 3.8) is 0 Å². The molecule has 34 heavy (non-hydrogen) atoms. The van der Waals surface area contributed by atoms with Gasteiger partial charge in [-0.3, -0.25) is 0 Å². The number of aryl methyl sites for hydroxylation is 2. The maximum Gasteiger partial charge on any atom is 0.416 e. The first-order valence-electron chi connectivity index (χ1n) is 11.0. The van der Waals surface area contributed by atoms with Gasteiger partial charge in [-0.15, -0.1) is 22.6 Å². The van der Waals surface area contributed by atoms with Crippen LogP contribution in [0.4, 0.5) is 13.2 Å². The summed E-state index contributed by atoms with van der Waals surface area (Å²) in [4.78, 5) is 6.56. The van der Waals surface area contributed by atoms with Gasteiger partial charge < -0.3 is 13.9 Å². The molecule has 3 aromatic rings. The second-order valence-corrected chi connectivity index (χ2v) is 10.2. The second kappa shape index (κ2) is 9.20. The Morgan fingerprint density at radius 1 is 1.24 bits per heavy atom. The average molecular weight is 514 g/mol. The highest BCUT2D eigenvalue weighted by Crippen LogP contribution is 2.59. The van der Waals surface area contributed by atoms with E-state index in [-0.39, 0.29) is 17.8 Å². The van der Waals surface area contributed by atoms with Gasteiger partial charge >= 0.3 is 6.18 Å². The van der Waals surface area contributed by atoms with E-state index in [4.69, 9.17) is 4.42 Å². The number of rotatable bonds is 7. The van der Waals surface area contributed by atoms with Crippen molar-refractivity contribution in [2.45, 2.75) is 43.4 Å². The van der Waals surface area contributed by atoms with Crippen LogP contribution in [-0.2, 0) is 18.6 Å². The van der Waals surface area contributed by atoms with E-state index in [0.717, 1.165) is 60.2 Å². The summed E-state index contributed by atoms with van der Waals surface area (Å²) in [6, 6.07) is 4.24. The van der Waals surface area contributed by atoms with E-state index in [1.807, 2.05) is 25.5 Å². The van der Waals surface area contributed by atoms with Crippen molar-refractivity contribution in [2.24, 2.45) is 13.0 Å². The molecule has 0 amide bonds. The summed E-state index contributed by atoms with van der Waals surface area (Å²) >= 11 is 1.66. The summed E-state index contributed by atoms with van der Waals surface area (Å²) in [5.74, 6) is 2.76. The van der Waals surface area contributed by atoms with Crippen LogP contribution < -0.4 is 0 Å². The monoisotopic (exact) mass is 513 g/mol. The Kier molecular flexibility index (Phi) is 6.78. The number of alkyl halides is 3. The zero-order valence-corrected chi connectivity index (χ0v) is 20.9. The number of aromatic nitrogens is 4. The Morgan fingerprint density at radius 2 is 2.03 bits per heavy atom. The van der Waals surface area contributed by atoms with Gasteiger partial charge in [-0.1, -0.05) is 17.8 Å². The Morgan fingerprint density at radius 3 is 2.71 bits per heavy atom. The van der Waals surface area contributed by atoms with Crippen molar-refractivity contribution in [3.8, 4) is 11.6 Å². The highest BCUT2D eigenvalue weighted by Gasteiger charge is 2.60. The molecule has 0 bridgehead atoms. The number of thioether (sulfide) groups is 1. The molecule has 2 fully saturated rings. The molecule has 0 spiro atoms. The first-order chi connectivity index (χ1) is 15.7. The molecule has 6 nitrogen and oxygen atoms in total. The smallest absolute Gasteiger partial charge is 0.416 e. The second-order valence-electron chi connectivity index (χ2n) is 9.15. The molecule has 1 aliphatic carbocycles. The fourth-order valence-corrected chi connectivity index (χ4v) is 6.01. The molecule has 2 atom stereocenters. The summed E-state index contributed by atoms with van der Waals surface area (Å²) in [7, 11) is 1.92. The van der Waals surface area contributed by atoms with E-state index in [2.05, 4.69) is 20.1 Å². The number of hydrogen-bond donors (Lipinski definition) is 0. The number of halogens is 4. The Balaban J connectivity index is 0.00000274. The van der Waals surface area contributed by atoms with Crippen LogP contribution >= 0.6 is 24.2 Å². The van der Waals surface area contributed by atoms with E-state index < -0.39 is 11.7 Å². The first kappa shape index (κ1) is 25.1. The van der Waals surface area contributed by atoms with Crippen LogP contribution in [0.3, 0.4) is 0 Å². The lowest BCUT2D eigenvalue weighted by molar-refractivity contribution is -0.137. The molecule has 184 valence electrons. The highest BCUT2D eigenvalue weighted by atomic mass is 35.5. The van der Waals surface area contributed by atoms with Gasteiger partial charge in [-0.05, 0) is 62.4 Å². The van der Waals surface area contributed by atoms with Crippen molar-refractivity contribution < 1.29 is 17.6 Å². The van der Waals surface area contributed by atoms with Crippen molar-refractivity contribution in [3.05, 3.63) is 47.0 Å². The number of oxazole rings is 1. The molecule has 2 aromatic heterocycles. The van der Waals surface area contributed by atoms with Crippen LogP contribution in [0.2, 0.25) is 0 Å². The largest absolute Gasteiger partial charge is 0.440 e. The van der Waals surface area contributed by atoms with Gasteiger partial charge in [0.15, 0.2) is 17.3 Å². The van der Waals surface area contributed by atoms with E-state index in [1.54, 1.807) is 17.8 Å². The maximum atomic E-state index is 13.0. The standard InChI is InChI=1S/C23H26F3N5OS.ClH/c1-14-9-16(23(24,25)26)5-6-18(14)22-10-17(22)11-31(12-22)7-4-8-33-21-29-28-20(30(21)3)19-15(2)27-13-32-19;/h5-6,9,13,17H,4,7-8,10-12H2,1-3H3;1H/t17-,22-;/m1./s1. The summed E-state index contributed by atoms with van der Waals surface area (Å²) in [6.45, 7) is 6.59. The number of likely N-dealkylation sites (tertiary alicyclic amines) is 1. The molecular weight excluding hydrogens is 487 g/mol.